The SMILES string of the molecule is CCN(CC)Oc1ccc(C)c(C(c2ccc(CC(=O)O)cc2)c2cc(ON(CC)CC)ccc2C)c1. The Hall–Kier alpha value is -3.35. The van der Waals surface area contributed by atoms with Gasteiger partial charge in [-0.05, 0) is 99.2 Å². The highest BCUT2D eigenvalue weighted by molar-refractivity contribution is 5.70. The fourth-order valence-electron chi connectivity index (χ4n) is 4.51. The summed E-state index contributed by atoms with van der Waals surface area (Å²) in [5.74, 6) is 0.674. The van der Waals surface area contributed by atoms with Crippen LogP contribution in [0.15, 0.2) is 60.7 Å². The summed E-state index contributed by atoms with van der Waals surface area (Å²) in [6, 6.07) is 20.4. The minimum absolute atomic E-state index is 0.00337. The number of carboxylic acids is 1. The van der Waals surface area contributed by atoms with Crippen LogP contribution in [0.25, 0.3) is 0 Å². The van der Waals surface area contributed by atoms with Crippen molar-refractivity contribution in [3.05, 3.63) is 94.0 Å². The van der Waals surface area contributed by atoms with Crippen LogP contribution in [0, 0.1) is 13.8 Å². The minimum atomic E-state index is -0.835. The molecule has 0 aliphatic heterocycles. The Balaban J connectivity index is 2.15. The fraction of sp³-hybridized carbons (Fsp3) is 0.387. The van der Waals surface area contributed by atoms with E-state index in [9.17, 15) is 9.90 Å². The molecule has 1 N–H and O–H groups in total. The maximum Gasteiger partial charge on any atom is 0.307 e. The monoisotopic (exact) mass is 504 g/mol. The summed E-state index contributed by atoms with van der Waals surface area (Å²) < 4.78 is 0. The Labute approximate surface area is 221 Å². The molecule has 198 valence electrons. The molecule has 0 amide bonds. The first-order chi connectivity index (χ1) is 17.8. The van der Waals surface area contributed by atoms with Gasteiger partial charge in [0.1, 0.15) is 11.5 Å². The van der Waals surface area contributed by atoms with E-state index in [0.717, 1.165) is 71.1 Å². The zero-order chi connectivity index (χ0) is 26.9. The first-order valence-electron chi connectivity index (χ1n) is 13.2. The van der Waals surface area contributed by atoms with Gasteiger partial charge >= 0.3 is 5.97 Å². The van der Waals surface area contributed by atoms with E-state index >= 15 is 0 Å². The van der Waals surface area contributed by atoms with E-state index in [2.05, 4.69) is 65.8 Å². The fourth-order valence-corrected chi connectivity index (χ4v) is 4.51. The lowest BCUT2D eigenvalue weighted by Crippen LogP contribution is -2.27. The summed E-state index contributed by atoms with van der Waals surface area (Å²) in [5.41, 5.74) is 6.44. The lowest BCUT2D eigenvalue weighted by molar-refractivity contribution is -0.136. The van der Waals surface area contributed by atoms with Crippen molar-refractivity contribution in [1.82, 2.24) is 10.1 Å². The second kappa shape index (κ2) is 13.3. The number of aliphatic carboxylic acids is 1. The van der Waals surface area contributed by atoms with Crippen LogP contribution in [0.3, 0.4) is 0 Å². The standard InChI is InChI=1S/C31H40N2O4/c1-7-32(8-2)36-26-17-11-22(5)28(20-26)31(25-15-13-24(14-16-25)19-30(34)35)29-21-27(18-12-23(29)6)37-33(9-3)10-4/h11-18,20-21,31H,7-10,19H2,1-6H3,(H,34,35). The lowest BCUT2D eigenvalue weighted by Gasteiger charge is -2.26. The number of carbonyl (C=O) groups is 1. The third-order valence-electron chi connectivity index (χ3n) is 6.67. The Morgan fingerprint density at radius 1 is 0.730 bits per heavy atom. The number of rotatable bonds is 13. The maximum absolute atomic E-state index is 11.2. The molecule has 0 heterocycles. The molecule has 0 unspecified atom stereocenters. The van der Waals surface area contributed by atoms with Crippen LogP contribution >= 0.6 is 0 Å². The maximum atomic E-state index is 11.2. The summed E-state index contributed by atoms with van der Waals surface area (Å²) in [5, 5.41) is 13.1. The highest BCUT2D eigenvalue weighted by atomic mass is 16.7. The van der Waals surface area contributed by atoms with Crippen molar-refractivity contribution in [2.45, 2.75) is 53.9 Å². The third kappa shape index (κ3) is 7.34. The Kier molecular flexibility index (Phi) is 10.1. The highest BCUT2D eigenvalue weighted by Crippen LogP contribution is 2.39. The van der Waals surface area contributed by atoms with Crippen LogP contribution in [0.2, 0.25) is 0 Å². The highest BCUT2D eigenvalue weighted by Gasteiger charge is 2.23. The van der Waals surface area contributed by atoms with Gasteiger partial charge in [-0.2, -0.15) is 0 Å². The van der Waals surface area contributed by atoms with Gasteiger partial charge in [-0.3, -0.25) is 4.79 Å². The molecule has 0 radical (unpaired) electrons. The van der Waals surface area contributed by atoms with E-state index in [4.69, 9.17) is 9.68 Å². The van der Waals surface area contributed by atoms with Crippen LogP contribution < -0.4 is 9.68 Å². The molecular weight excluding hydrogens is 464 g/mol. The first-order valence-corrected chi connectivity index (χ1v) is 13.2. The van der Waals surface area contributed by atoms with Crippen molar-refractivity contribution >= 4 is 5.97 Å². The van der Waals surface area contributed by atoms with Crippen LogP contribution in [0.4, 0.5) is 0 Å². The van der Waals surface area contributed by atoms with Crippen molar-refractivity contribution in [2.24, 2.45) is 0 Å². The Morgan fingerprint density at radius 2 is 1.16 bits per heavy atom. The number of aryl methyl sites for hydroxylation is 2. The zero-order valence-electron chi connectivity index (χ0n) is 23.0. The Bertz CT molecular complexity index is 1100. The molecule has 3 aromatic rings. The minimum Gasteiger partial charge on any atom is -0.481 e. The molecule has 0 fully saturated rings. The zero-order valence-corrected chi connectivity index (χ0v) is 23.0. The number of hydroxylamine groups is 4. The number of hydrogen-bond donors (Lipinski definition) is 1. The number of hydrogen-bond acceptors (Lipinski definition) is 5. The largest absolute Gasteiger partial charge is 0.481 e. The third-order valence-corrected chi connectivity index (χ3v) is 6.67. The van der Waals surface area contributed by atoms with Gasteiger partial charge in [0.05, 0.1) is 6.42 Å². The molecule has 37 heavy (non-hydrogen) atoms. The van der Waals surface area contributed by atoms with E-state index in [1.54, 1.807) is 0 Å². The van der Waals surface area contributed by atoms with Crippen molar-refractivity contribution in [1.29, 1.82) is 0 Å². The molecule has 6 heteroatoms. The van der Waals surface area contributed by atoms with Crippen LogP contribution in [0.1, 0.15) is 67.0 Å². The van der Waals surface area contributed by atoms with Crippen LogP contribution in [0.5, 0.6) is 11.5 Å². The van der Waals surface area contributed by atoms with Crippen LogP contribution in [-0.4, -0.2) is 47.4 Å². The summed E-state index contributed by atoms with van der Waals surface area (Å²) in [6.07, 6.45) is 0.00337. The molecule has 0 aromatic heterocycles. The van der Waals surface area contributed by atoms with E-state index in [-0.39, 0.29) is 12.3 Å². The molecular formula is C31H40N2O4. The normalized spacial score (nSPS) is 11.4. The molecule has 6 nitrogen and oxygen atoms in total. The quantitative estimate of drug-likeness (QED) is 0.215. The van der Waals surface area contributed by atoms with E-state index in [1.807, 2.05) is 46.5 Å². The average molecular weight is 505 g/mol. The van der Waals surface area contributed by atoms with Crippen molar-refractivity contribution in [2.75, 3.05) is 26.2 Å². The van der Waals surface area contributed by atoms with E-state index < -0.39 is 5.97 Å². The van der Waals surface area contributed by atoms with E-state index in [0.29, 0.717) is 0 Å². The average Bonchev–Trinajstić information content (AvgIpc) is 2.89. The molecule has 3 rings (SSSR count). The summed E-state index contributed by atoms with van der Waals surface area (Å²) in [7, 11) is 0. The summed E-state index contributed by atoms with van der Waals surface area (Å²) in [4.78, 5) is 23.6. The molecule has 3 aromatic carbocycles. The van der Waals surface area contributed by atoms with Gasteiger partial charge in [0.25, 0.3) is 0 Å². The van der Waals surface area contributed by atoms with Crippen molar-refractivity contribution < 1.29 is 19.6 Å². The molecule has 0 saturated carbocycles. The number of benzene rings is 3. The van der Waals surface area contributed by atoms with Gasteiger partial charge in [-0.1, -0.05) is 36.4 Å². The second-order valence-corrected chi connectivity index (χ2v) is 9.19. The predicted molar refractivity (Wildman–Crippen MR) is 148 cm³/mol. The predicted octanol–water partition coefficient (Wildman–Crippen LogP) is 6.38. The molecule has 0 aliphatic rings. The summed E-state index contributed by atoms with van der Waals surface area (Å²) in [6.45, 7) is 15.7. The number of carboxylic acid groups (broad SMARTS) is 1. The van der Waals surface area contributed by atoms with Crippen molar-refractivity contribution in [3.8, 4) is 11.5 Å². The number of nitrogens with zero attached hydrogens (tertiary/aromatic N) is 2. The van der Waals surface area contributed by atoms with E-state index in [1.165, 1.54) is 0 Å². The molecule has 0 aliphatic carbocycles. The van der Waals surface area contributed by atoms with Gasteiger partial charge in [0.2, 0.25) is 0 Å². The van der Waals surface area contributed by atoms with Gasteiger partial charge < -0.3 is 14.8 Å². The smallest absolute Gasteiger partial charge is 0.307 e. The first kappa shape index (κ1) is 28.2. The van der Waals surface area contributed by atoms with Crippen LogP contribution in [-0.2, 0) is 11.2 Å². The Morgan fingerprint density at radius 3 is 1.54 bits per heavy atom. The van der Waals surface area contributed by atoms with Gasteiger partial charge in [0.15, 0.2) is 0 Å². The second-order valence-electron chi connectivity index (χ2n) is 9.19. The molecule has 0 spiro atoms. The summed E-state index contributed by atoms with van der Waals surface area (Å²) >= 11 is 0. The van der Waals surface area contributed by atoms with Gasteiger partial charge in [0, 0.05) is 32.1 Å². The lowest BCUT2D eigenvalue weighted by atomic mass is 9.81. The molecule has 0 bridgehead atoms. The topological polar surface area (TPSA) is 62.2 Å². The van der Waals surface area contributed by atoms with Gasteiger partial charge in [-0.15, -0.1) is 10.1 Å². The van der Waals surface area contributed by atoms with Crippen molar-refractivity contribution in [3.63, 3.8) is 0 Å². The molecule has 0 saturated heterocycles. The van der Waals surface area contributed by atoms with Gasteiger partial charge in [-0.25, -0.2) is 0 Å². The molecule has 0 atom stereocenters.